The molecule has 0 aliphatic heterocycles. The number of quaternary nitrogens is 1. The molecule has 0 saturated heterocycles. The molecule has 0 bridgehead atoms. The lowest BCUT2D eigenvalue weighted by atomic mass is 10.1. The highest BCUT2D eigenvalue weighted by Gasteiger charge is 2.15. The summed E-state index contributed by atoms with van der Waals surface area (Å²) < 4.78 is 6.36. The van der Waals surface area contributed by atoms with Crippen molar-refractivity contribution in [3.63, 3.8) is 0 Å². The van der Waals surface area contributed by atoms with Crippen molar-refractivity contribution in [2.75, 3.05) is 26.0 Å². The Kier molecular flexibility index (Phi) is 6.94. The Morgan fingerprint density at radius 3 is 2.54 bits per heavy atom. The largest absolute Gasteiger partial charge is 0.496 e. The Morgan fingerprint density at radius 1 is 1.19 bits per heavy atom. The number of aryl methyl sites for hydroxylation is 1. The van der Waals surface area contributed by atoms with Crippen molar-refractivity contribution in [1.82, 2.24) is 0 Å². The molecule has 0 aliphatic carbocycles. The normalized spacial score (nSPS) is 11.7. The second-order valence-electron chi connectivity index (χ2n) is 6.40. The Bertz CT molecular complexity index is 821. The molecule has 6 heteroatoms. The highest BCUT2D eigenvalue weighted by Crippen LogP contribution is 2.20. The molecule has 1 amide bonds. The van der Waals surface area contributed by atoms with E-state index >= 15 is 0 Å². The Morgan fingerprint density at radius 2 is 1.92 bits per heavy atom. The smallest absolute Gasteiger partial charge is 0.279 e. The molecule has 0 spiro atoms. The summed E-state index contributed by atoms with van der Waals surface area (Å²) in [5, 5.41) is 2.95. The van der Waals surface area contributed by atoms with E-state index in [9.17, 15) is 9.59 Å². The number of ether oxygens (including phenoxy) is 1. The van der Waals surface area contributed by atoms with Crippen LogP contribution in [0.15, 0.2) is 40.9 Å². The summed E-state index contributed by atoms with van der Waals surface area (Å²) in [6, 6.07) is 11.1. The molecular weight excluding hydrogens is 396 g/mol. The van der Waals surface area contributed by atoms with Crippen molar-refractivity contribution in [3.8, 4) is 5.75 Å². The van der Waals surface area contributed by atoms with Gasteiger partial charge in [-0.25, -0.2) is 0 Å². The van der Waals surface area contributed by atoms with Gasteiger partial charge >= 0.3 is 0 Å². The van der Waals surface area contributed by atoms with E-state index in [1.54, 1.807) is 19.2 Å². The van der Waals surface area contributed by atoms with Gasteiger partial charge in [-0.15, -0.1) is 0 Å². The van der Waals surface area contributed by atoms with Gasteiger partial charge in [-0.3, -0.25) is 9.59 Å². The summed E-state index contributed by atoms with van der Waals surface area (Å²) in [6.45, 7) is 4.38. The molecule has 5 nitrogen and oxygen atoms in total. The topological polar surface area (TPSA) is 59.8 Å². The van der Waals surface area contributed by atoms with Crippen LogP contribution in [0.25, 0.3) is 0 Å². The lowest BCUT2D eigenvalue weighted by Gasteiger charge is -2.17. The number of hydrogen-bond donors (Lipinski definition) is 2. The van der Waals surface area contributed by atoms with Crippen LogP contribution < -0.4 is 15.0 Å². The summed E-state index contributed by atoms with van der Waals surface area (Å²) in [4.78, 5) is 25.0. The van der Waals surface area contributed by atoms with Crippen molar-refractivity contribution in [3.05, 3.63) is 57.6 Å². The molecule has 1 unspecified atom stereocenters. The first-order valence-electron chi connectivity index (χ1n) is 8.35. The number of benzene rings is 2. The molecule has 2 rings (SSSR count). The zero-order chi connectivity index (χ0) is 19.3. The lowest BCUT2D eigenvalue weighted by Crippen LogP contribution is -3.08. The number of methoxy groups -OCH3 is 1. The van der Waals surface area contributed by atoms with Gasteiger partial charge in [0, 0.05) is 21.3 Å². The van der Waals surface area contributed by atoms with Gasteiger partial charge in [0.25, 0.3) is 5.91 Å². The Labute approximate surface area is 162 Å². The monoisotopic (exact) mass is 419 g/mol. The zero-order valence-electron chi connectivity index (χ0n) is 15.5. The van der Waals surface area contributed by atoms with Gasteiger partial charge in [0.1, 0.15) is 12.3 Å². The minimum atomic E-state index is -0.0605. The maximum Gasteiger partial charge on any atom is 0.279 e. The van der Waals surface area contributed by atoms with Crippen LogP contribution in [0, 0.1) is 6.92 Å². The first-order valence-corrected chi connectivity index (χ1v) is 9.14. The van der Waals surface area contributed by atoms with Crippen molar-refractivity contribution in [2.24, 2.45) is 0 Å². The van der Waals surface area contributed by atoms with E-state index in [-0.39, 0.29) is 11.7 Å². The molecule has 0 aliphatic rings. The number of ketones is 1. The second kappa shape index (κ2) is 8.96. The molecule has 0 fully saturated rings. The fraction of sp³-hybridized carbons (Fsp3) is 0.300. The number of Topliss-reactive ketones (excluding diaryl/α,β-unsaturated/α-hetero) is 1. The predicted octanol–water partition coefficient (Wildman–Crippen LogP) is 2.62. The predicted molar refractivity (Wildman–Crippen MR) is 106 cm³/mol. The number of likely N-dealkylation sites (N-methyl/N-ethyl adjacent to an activating group) is 1. The van der Waals surface area contributed by atoms with Crippen LogP contribution in [-0.2, 0) is 11.3 Å². The number of anilines is 1. The van der Waals surface area contributed by atoms with Crippen molar-refractivity contribution < 1.29 is 19.2 Å². The average Bonchev–Trinajstić information content (AvgIpc) is 2.57. The van der Waals surface area contributed by atoms with Gasteiger partial charge in [-0.2, -0.15) is 0 Å². The number of amides is 1. The highest BCUT2D eigenvalue weighted by atomic mass is 79.9. The van der Waals surface area contributed by atoms with Gasteiger partial charge in [0.15, 0.2) is 12.3 Å². The number of carbonyl (C=O) groups excluding carboxylic acids is 2. The number of halogens is 1. The van der Waals surface area contributed by atoms with Gasteiger partial charge in [0.05, 0.1) is 14.2 Å². The fourth-order valence-electron chi connectivity index (χ4n) is 2.76. The van der Waals surface area contributed by atoms with Crippen LogP contribution in [0.2, 0.25) is 0 Å². The third-order valence-electron chi connectivity index (χ3n) is 4.10. The molecule has 2 aromatic carbocycles. The van der Waals surface area contributed by atoms with Crippen molar-refractivity contribution in [1.29, 1.82) is 0 Å². The summed E-state index contributed by atoms with van der Waals surface area (Å²) in [7, 11) is 3.54. The molecule has 2 aromatic rings. The Hall–Kier alpha value is -2.18. The van der Waals surface area contributed by atoms with E-state index in [4.69, 9.17) is 4.74 Å². The molecule has 138 valence electrons. The first kappa shape index (κ1) is 20.1. The summed E-state index contributed by atoms with van der Waals surface area (Å²) in [5.74, 6) is 0.670. The van der Waals surface area contributed by atoms with Crippen LogP contribution in [0.1, 0.15) is 28.4 Å². The van der Waals surface area contributed by atoms with E-state index < -0.39 is 0 Å². The van der Waals surface area contributed by atoms with Gasteiger partial charge in [0.2, 0.25) is 0 Å². The van der Waals surface area contributed by atoms with Crippen LogP contribution in [0.5, 0.6) is 5.75 Å². The number of carbonyl (C=O) groups is 2. The molecule has 0 aromatic heterocycles. The number of rotatable bonds is 7. The maximum absolute atomic E-state index is 12.4. The molecule has 2 N–H and O–H groups in total. The molecular formula is C20H24BrN2O3+. The van der Waals surface area contributed by atoms with Crippen molar-refractivity contribution >= 4 is 33.3 Å². The third kappa shape index (κ3) is 5.41. The van der Waals surface area contributed by atoms with Crippen LogP contribution >= 0.6 is 15.9 Å². The van der Waals surface area contributed by atoms with Crippen LogP contribution in [0.4, 0.5) is 5.69 Å². The minimum absolute atomic E-state index is 0.00927. The number of nitrogens with one attached hydrogen (secondary N) is 2. The minimum Gasteiger partial charge on any atom is -0.496 e. The SMILES string of the molecule is COc1ccc(C(C)=O)cc1C[NH+](C)CC(=O)Nc1ccc(Br)cc1C. The molecule has 1 atom stereocenters. The third-order valence-corrected chi connectivity index (χ3v) is 4.60. The van der Waals surface area contributed by atoms with Crippen molar-refractivity contribution in [2.45, 2.75) is 20.4 Å². The highest BCUT2D eigenvalue weighted by molar-refractivity contribution is 9.10. The van der Waals surface area contributed by atoms with E-state index in [1.165, 1.54) is 6.92 Å². The van der Waals surface area contributed by atoms with Gasteiger partial charge in [-0.1, -0.05) is 15.9 Å². The summed E-state index contributed by atoms with van der Waals surface area (Å²) in [6.07, 6.45) is 0. The Balaban J connectivity index is 2.03. The van der Waals surface area contributed by atoms with E-state index in [2.05, 4.69) is 21.2 Å². The molecule has 26 heavy (non-hydrogen) atoms. The van der Waals surface area contributed by atoms with E-state index in [0.29, 0.717) is 18.7 Å². The van der Waals surface area contributed by atoms with Crippen LogP contribution in [-0.4, -0.2) is 32.4 Å². The molecule has 0 heterocycles. The molecule has 0 saturated carbocycles. The average molecular weight is 420 g/mol. The van der Waals surface area contributed by atoms with E-state index in [0.717, 1.165) is 31.9 Å². The van der Waals surface area contributed by atoms with Crippen LogP contribution in [0.3, 0.4) is 0 Å². The van der Waals surface area contributed by atoms with E-state index in [1.807, 2.05) is 38.2 Å². The summed E-state index contributed by atoms with van der Waals surface area (Å²) in [5.41, 5.74) is 3.36. The maximum atomic E-state index is 12.4. The number of hydrogen-bond acceptors (Lipinski definition) is 3. The summed E-state index contributed by atoms with van der Waals surface area (Å²) >= 11 is 3.42. The van der Waals surface area contributed by atoms with Gasteiger partial charge < -0.3 is 15.0 Å². The molecule has 0 radical (unpaired) electrons. The quantitative estimate of drug-likeness (QED) is 0.678. The van der Waals surface area contributed by atoms with Gasteiger partial charge in [-0.05, 0) is 55.8 Å². The standard InChI is InChI=1S/C20H23BrN2O3/c1-13-9-17(21)6-7-18(13)22-20(25)12-23(3)11-16-10-15(14(2)24)5-8-19(16)26-4/h5-10H,11-12H2,1-4H3,(H,22,25)/p+1. The fourth-order valence-corrected chi connectivity index (χ4v) is 3.23. The second-order valence-corrected chi connectivity index (χ2v) is 7.32. The zero-order valence-corrected chi connectivity index (χ0v) is 17.1. The first-order chi connectivity index (χ1) is 12.3. The lowest BCUT2D eigenvalue weighted by molar-refractivity contribution is -0.885.